The summed E-state index contributed by atoms with van der Waals surface area (Å²) in [6.07, 6.45) is 0. The summed E-state index contributed by atoms with van der Waals surface area (Å²) >= 11 is 0. The Hall–Kier alpha value is -1.22. The highest BCUT2D eigenvalue weighted by atomic mass is 15.6. The molecule has 1 aliphatic heterocycles. The lowest BCUT2D eigenvalue weighted by atomic mass is 10.3. The maximum Gasteiger partial charge on any atom is 0.0750 e. The molecule has 0 radical (unpaired) electrons. The first-order chi connectivity index (χ1) is 5.47. The number of rotatable bonds is 0. The highest BCUT2D eigenvalue weighted by Crippen LogP contribution is 2.21. The molecular formula is C8H13N3. The Bertz CT molecular complexity index is 199. The SMILES string of the molecule is CC.c1ccc2c(c1)NNN2. The van der Waals surface area contributed by atoms with Crippen LogP contribution in [-0.2, 0) is 0 Å². The van der Waals surface area contributed by atoms with Crippen molar-refractivity contribution in [2.45, 2.75) is 13.8 Å². The summed E-state index contributed by atoms with van der Waals surface area (Å²) in [7, 11) is 0. The molecule has 0 bridgehead atoms. The van der Waals surface area contributed by atoms with Gasteiger partial charge >= 0.3 is 0 Å². The van der Waals surface area contributed by atoms with Crippen molar-refractivity contribution in [1.29, 1.82) is 0 Å². The molecule has 1 aliphatic rings. The minimum Gasteiger partial charge on any atom is -0.302 e. The Morgan fingerprint density at radius 3 is 1.82 bits per heavy atom. The summed E-state index contributed by atoms with van der Waals surface area (Å²) in [5.41, 5.74) is 10.9. The van der Waals surface area contributed by atoms with Gasteiger partial charge in [-0.05, 0) is 12.1 Å². The minimum absolute atomic E-state index is 1.09. The summed E-state index contributed by atoms with van der Waals surface area (Å²) in [6, 6.07) is 7.98. The van der Waals surface area contributed by atoms with Gasteiger partial charge in [-0.2, -0.15) is 0 Å². The van der Waals surface area contributed by atoms with Crippen molar-refractivity contribution in [2.24, 2.45) is 0 Å². The monoisotopic (exact) mass is 151 g/mol. The van der Waals surface area contributed by atoms with Crippen LogP contribution in [0.15, 0.2) is 24.3 Å². The molecule has 60 valence electrons. The average molecular weight is 151 g/mol. The first-order valence-electron chi connectivity index (χ1n) is 3.83. The van der Waals surface area contributed by atoms with E-state index < -0.39 is 0 Å². The van der Waals surface area contributed by atoms with E-state index in [1.54, 1.807) is 0 Å². The molecule has 11 heavy (non-hydrogen) atoms. The molecule has 0 saturated carbocycles. The second-order valence-corrected chi connectivity index (χ2v) is 1.92. The van der Waals surface area contributed by atoms with Crippen molar-refractivity contribution in [2.75, 3.05) is 10.9 Å². The van der Waals surface area contributed by atoms with Gasteiger partial charge in [0.25, 0.3) is 0 Å². The van der Waals surface area contributed by atoms with Gasteiger partial charge in [0.05, 0.1) is 11.4 Å². The molecule has 0 aliphatic carbocycles. The molecule has 0 aromatic heterocycles. The van der Waals surface area contributed by atoms with E-state index in [4.69, 9.17) is 0 Å². The number of fused-ring (bicyclic) bond motifs is 1. The molecule has 0 fully saturated rings. The standard InChI is InChI=1S/C6H7N3.C2H6/c1-2-4-6-5(3-1)7-9-8-6;1-2/h1-4,7-9H;1-2H3. The van der Waals surface area contributed by atoms with Crippen LogP contribution in [0.25, 0.3) is 0 Å². The summed E-state index contributed by atoms with van der Waals surface area (Å²) in [4.78, 5) is 0. The Labute approximate surface area is 66.8 Å². The number of benzene rings is 1. The molecule has 0 spiro atoms. The summed E-state index contributed by atoms with van der Waals surface area (Å²) in [6.45, 7) is 4.00. The van der Waals surface area contributed by atoms with Gasteiger partial charge in [-0.3, -0.25) is 0 Å². The Balaban J connectivity index is 0.000000281. The second kappa shape index (κ2) is 3.83. The average Bonchev–Trinajstić information content (AvgIpc) is 2.55. The van der Waals surface area contributed by atoms with Gasteiger partial charge in [0.15, 0.2) is 0 Å². The van der Waals surface area contributed by atoms with Gasteiger partial charge in [-0.1, -0.05) is 26.0 Å². The molecule has 3 heteroatoms. The van der Waals surface area contributed by atoms with Crippen molar-refractivity contribution in [3.05, 3.63) is 24.3 Å². The maximum absolute atomic E-state index is 2.94. The summed E-state index contributed by atoms with van der Waals surface area (Å²) in [5.74, 6) is 0. The lowest BCUT2D eigenvalue weighted by molar-refractivity contribution is 1.01. The number of hydrazine groups is 2. The third-order valence-corrected chi connectivity index (χ3v) is 1.32. The Morgan fingerprint density at radius 2 is 1.36 bits per heavy atom. The van der Waals surface area contributed by atoms with Crippen molar-refractivity contribution >= 4 is 11.4 Å². The van der Waals surface area contributed by atoms with E-state index in [2.05, 4.69) is 16.4 Å². The van der Waals surface area contributed by atoms with E-state index in [1.165, 1.54) is 0 Å². The highest BCUT2D eigenvalue weighted by molar-refractivity contribution is 5.70. The topological polar surface area (TPSA) is 36.1 Å². The number of anilines is 2. The fraction of sp³-hybridized carbons (Fsp3) is 0.250. The van der Waals surface area contributed by atoms with Crippen LogP contribution in [0.4, 0.5) is 11.4 Å². The zero-order valence-corrected chi connectivity index (χ0v) is 6.81. The molecule has 2 rings (SSSR count). The zero-order valence-electron chi connectivity index (χ0n) is 6.81. The third kappa shape index (κ3) is 1.62. The fourth-order valence-corrected chi connectivity index (χ4v) is 0.867. The molecule has 3 nitrogen and oxygen atoms in total. The highest BCUT2D eigenvalue weighted by Gasteiger charge is 2.04. The minimum atomic E-state index is 1.09. The van der Waals surface area contributed by atoms with Crippen molar-refractivity contribution in [1.82, 2.24) is 5.53 Å². The Morgan fingerprint density at radius 1 is 0.909 bits per heavy atom. The summed E-state index contributed by atoms with van der Waals surface area (Å²) in [5, 5.41) is 0. The van der Waals surface area contributed by atoms with Gasteiger partial charge in [-0.15, -0.1) is 5.53 Å². The van der Waals surface area contributed by atoms with Gasteiger partial charge < -0.3 is 10.9 Å². The van der Waals surface area contributed by atoms with Crippen LogP contribution >= 0.6 is 0 Å². The van der Waals surface area contributed by atoms with Gasteiger partial charge in [0.1, 0.15) is 0 Å². The van der Waals surface area contributed by atoms with Crippen LogP contribution in [0.2, 0.25) is 0 Å². The number of nitrogens with one attached hydrogen (secondary N) is 3. The molecule has 0 atom stereocenters. The molecule has 0 unspecified atom stereocenters. The van der Waals surface area contributed by atoms with Crippen molar-refractivity contribution in [3.63, 3.8) is 0 Å². The summed E-state index contributed by atoms with van der Waals surface area (Å²) < 4.78 is 0. The zero-order chi connectivity index (χ0) is 8.10. The van der Waals surface area contributed by atoms with Crippen LogP contribution in [0.1, 0.15) is 13.8 Å². The largest absolute Gasteiger partial charge is 0.302 e. The van der Waals surface area contributed by atoms with Crippen molar-refractivity contribution < 1.29 is 0 Å². The lowest BCUT2D eigenvalue weighted by Gasteiger charge is -1.91. The quantitative estimate of drug-likeness (QED) is 0.530. The smallest absolute Gasteiger partial charge is 0.0750 e. The van der Waals surface area contributed by atoms with E-state index in [-0.39, 0.29) is 0 Å². The molecule has 3 N–H and O–H groups in total. The molecule has 1 aromatic carbocycles. The van der Waals surface area contributed by atoms with Crippen LogP contribution in [-0.4, -0.2) is 0 Å². The van der Waals surface area contributed by atoms with Crippen LogP contribution in [0, 0.1) is 0 Å². The molecular weight excluding hydrogens is 138 g/mol. The second-order valence-electron chi connectivity index (χ2n) is 1.92. The van der Waals surface area contributed by atoms with Gasteiger partial charge in [0.2, 0.25) is 0 Å². The van der Waals surface area contributed by atoms with Crippen LogP contribution in [0.3, 0.4) is 0 Å². The van der Waals surface area contributed by atoms with E-state index in [1.807, 2.05) is 38.1 Å². The van der Waals surface area contributed by atoms with Crippen LogP contribution < -0.4 is 16.4 Å². The number of para-hydroxylation sites is 2. The van der Waals surface area contributed by atoms with Crippen molar-refractivity contribution in [3.8, 4) is 0 Å². The van der Waals surface area contributed by atoms with Gasteiger partial charge in [0, 0.05) is 0 Å². The number of hydrogen-bond acceptors (Lipinski definition) is 3. The van der Waals surface area contributed by atoms with E-state index in [0.717, 1.165) is 11.4 Å². The lowest BCUT2D eigenvalue weighted by Crippen LogP contribution is -2.19. The predicted molar refractivity (Wildman–Crippen MR) is 48.2 cm³/mol. The normalized spacial score (nSPS) is 11.8. The third-order valence-electron chi connectivity index (χ3n) is 1.32. The maximum atomic E-state index is 2.94. The van der Waals surface area contributed by atoms with E-state index in [9.17, 15) is 0 Å². The molecule has 1 heterocycles. The number of hydrogen-bond donors (Lipinski definition) is 3. The molecule has 1 aromatic rings. The predicted octanol–water partition coefficient (Wildman–Crippen LogP) is 1.97. The van der Waals surface area contributed by atoms with Gasteiger partial charge in [-0.25, -0.2) is 0 Å². The molecule has 0 amide bonds. The first kappa shape index (κ1) is 7.88. The van der Waals surface area contributed by atoms with E-state index >= 15 is 0 Å². The van der Waals surface area contributed by atoms with Crippen LogP contribution in [0.5, 0.6) is 0 Å². The van der Waals surface area contributed by atoms with E-state index in [0.29, 0.717) is 0 Å². The Kier molecular flexibility index (Phi) is 2.74. The molecule has 0 saturated heterocycles. The first-order valence-corrected chi connectivity index (χ1v) is 3.83. The fourth-order valence-electron chi connectivity index (χ4n) is 0.867.